The highest BCUT2D eigenvalue weighted by molar-refractivity contribution is 5.96. The Balaban J connectivity index is 1.72. The molecule has 0 aliphatic heterocycles. The van der Waals surface area contributed by atoms with Crippen molar-refractivity contribution in [1.82, 2.24) is 15.5 Å². The number of anilines is 1. The lowest BCUT2D eigenvalue weighted by molar-refractivity contribution is -0.122. The molecular weight excluding hydrogens is 332 g/mol. The molecular formula is C19H28N4O3. The summed E-state index contributed by atoms with van der Waals surface area (Å²) in [6.07, 6.45) is 4.96. The SMILES string of the molecule is CCc1ccccc1NC(=O)CN(C)CC(=O)NC(=O)NC1CCCC1. The van der Waals surface area contributed by atoms with Crippen molar-refractivity contribution in [2.24, 2.45) is 0 Å². The molecule has 4 amide bonds. The number of benzene rings is 1. The maximum absolute atomic E-state index is 12.2. The van der Waals surface area contributed by atoms with Gasteiger partial charge in [0.25, 0.3) is 0 Å². The zero-order chi connectivity index (χ0) is 18.9. The molecule has 0 aromatic heterocycles. The van der Waals surface area contributed by atoms with Crippen molar-refractivity contribution in [1.29, 1.82) is 0 Å². The smallest absolute Gasteiger partial charge is 0.321 e. The molecule has 142 valence electrons. The lowest BCUT2D eigenvalue weighted by Gasteiger charge is -2.17. The number of imide groups is 1. The minimum atomic E-state index is -0.461. The highest BCUT2D eigenvalue weighted by atomic mass is 16.2. The minimum absolute atomic E-state index is 0.0269. The van der Waals surface area contributed by atoms with Crippen LogP contribution in [0.5, 0.6) is 0 Å². The number of carbonyl (C=O) groups excluding carboxylic acids is 3. The monoisotopic (exact) mass is 360 g/mol. The van der Waals surface area contributed by atoms with E-state index < -0.39 is 11.9 Å². The van der Waals surface area contributed by atoms with Gasteiger partial charge in [0.2, 0.25) is 11.8 Å². The Labute approximate surface area is 154 Å². The van der Waals surface area contributed by atoms with E-state index in [1.54, 1.807) is 11.9 Å². The Morgan fingerprint density at radius 1 is 1.08 bits per heavy atom. The number of hydrogen-bond acceptors (Lipinski definition) is 4. The number of urea groups is 1. The largest absolute Gasteiger partial charge is 0.335 e. The molecule has 0 unspecified atom stereocenters. The molecule has 0 heterocycles. The molecule has 1 fully saturated rings. The third-order valence-electron chi connectivity index (χ3n) is 4.44. The Morgan fingerprint density at radius 2 is 1.73 bits per heavy atom. The van der Waals surface area contributed by atoms with E-state index in [0.717, 1.165) is 43.4 Å². The van der Waals surface area contributed by atoms with E-state index in [0.29, 0.717) is 0 Å². The van der Waals surface area contributed by atoms with Gasteiger partial charge in [0, 0.05) is 11.7 Å². The standard InChI is InChI=1S/C19H28N4O3/c1-3-14-8-4-7-11-16(14)21-17(24)12-23(2)13-18(25)22-19(26)20-15-9-5-6-10-15/h4,7-8,11,15H,3,5-6,9-10,12-13H2,1-2H3,(H,21,24)(H2,20,22,25,26). The molecule has 1 aliphatic carbocycles. The van der Waals surface area contributed by atoms with E-state index in [1.807, 2.05) is 31.2 Å². The average molecular weight is 360 g/mol. The van der Waals surface area contributed by atoms with Gasteiger partial charge in [-0.05, 0) is 37.9 Å². The van der Waals surface area contributed by atoms with Crippen LogP contribution in [0.4, 0.5) is 10.5 Å². The van der Waals surface area contributed by atoms with Crippen LogP contribution < -0.4 is 16.0 Å². The number of nitrogens with one attached hydrogen (secondary N) is 3. The summed E-state index contributed by atoms with van der Waals surface area (Å²) in [5.74, 6) is -0.624. The van der Waals surface area contributed by atoms with Crippen LogP contribution in [-0.4, -0.2) is 48.9 Å². The first kappa shape index (κ1) is 19.9. The maximum Gasteiger partial charge on any atom is 0.321 e. The lowest BCUT2D eigenvalue weighted by atomic mass is 10.1. The van der Waals surface area contributed by atoms with Crippen molar-refractivity contribution >= 4 is 23.5 Å². The fourth-order valence-electron chi connectivity index (χ4n) is 3.14. The van der Waals surface area contributed by atoms with E-state index in [2.05, 4.69) is 16.0 Å². The molecule has 2 rings (SSSR count). The number of hydrogen-bond donors (Lipinski definition) is 3. The second-order valence-electron chi connectivity index (χ2n) is 6.73. The average Bonchev–Trinajstić information content (AvgIpc) is 3.07. The summed E-state index contributed by atoms with van der Waals surface area (Å²) in [6.45, 7) is 2.06. The number of rotatable bonds is 7. The lowest BCUT2D eigenvalue weighted by Crippen LogP contribution is -2.47. The molecule has 0 spiro atoms. The van der Waals surface area contributed by atoms with Crippen molar-refractivity contribution < 1.29 is 14.4 Å². The van der Waals surface area contributed by atoms with Gasteiger partial charge in [0.1, 0.15) is 0 Å². The quantitative estimate of drug-likeness (QED) is 0.692. The van der Waals surface area contributed by atoms with Crippen molar-refractivity contribution in [3.63, 3.8) is 0 Å². The van der Waals surface area contributed by atoms with E-state index in [4.69, 9.17) is 0 Å². The highest BCUT2D eigenvalue weighted by Crippen LogP contribution is 2.17. The summed E-state index contributed by atoms with van der Waals surface area (Å²) in [7, 11) is 1.67. The summed E-state index contributed by atoms with van der Waals surface area (Å²) in [5, 5.41) is 7.98. The molecule has 1 aromatic carbocycles. The Kier molecular flexibility index (Phi) is 7.59. The number of nitrogens with zero attached hydrogens (tertiary/aromatic N) is 1. The molecule has 3 N–H and O–H groups in total. The maximum atomic E-state index is 12.2. The molecule has 7 nitrogen and oxygen atoms in total. The first-order valence-electron chi connectivity index (χ1n) is 9.14. The van der Waals surface area contributed by atoms with Crippen LogP contribution >= 0.6 is 0 Å². The molecule has 7 heteroatoms. The van der Waals surface area contributed by atoms with Crippen LogP contribution in [0.2, 0.25) is 0 Å². The van der Waals surface area contributed by atoms with E-state index in [-0.39, 0.29) is 25.0 Å². The fraction of sp³-hybridized carbons (Fsp3) is 0.526. The van der Waals surface area contributed by atoms with Gasteiger partial charge < -0.3 is 10.6 Å². The molecule has 0 saturated heterocycles. The summed E-state index contributed by atoms with van der Waals surface area (Å²) in [5.41, 5.74) is 1.85. The number of para-hydroxylation sites is 1. The zero-order valence-electron chi connectivity index (χ0n) is 15.5. The van der Waals surface area contributed by atoms with Crippen LogP contribution in [0.3, 0.4) is 0 Å². The Hall–Kier alpha value is -2.41. The van der Waals surface area contributed by atoms with Gasteiger partial charge in [-0.25, -0.2) is 4.79 Å². The van der Waals surface area contributed by atoms with Crippen LogP contribution in [0.1, 0.15) is 38.2 Å². The zero-order valence-corrected chi connectivity index (χ0v) is 15.5. The van der Waals surface area contributed by atoms with E-state index >= 15 is 0 Å². The van der Waals surface area contributed by atoms with Crippen LogP contribution in [0.15, 0.2) is 24.3 Å². The first-order chi connectivity index (χ1) is 12.5. The van der Waals surface area contributed by atoms with Crippen molar-refractivity contribution in [2.45, 2.75) is 45.1 Å². The fourth-order valence-corrected chi connectivity index (χ4v) is 3.14. The van der Waals surface area contributed by atoms with Gasteiger partial charge in [0.05, 0.1) is 13.1 Å². The number of likely N-dealkylation sites (N-methyl/N-ethyl adjacent to an activating group) is 1. The Morgan fingerprint density at radius 3 is 2.42 bits per heavy atom. The summed E-state index contributed by atoms with van der Waals surface area (Å²) >= 11 is 0. The van der Waals surface area contributed by atoms with Gasteiger partial charge in [-0.2, -0.15) is 0 Å². The molecule has 26 heavy (non-hydrogen) atoms. The number of carbonyl (C=O) groups is 3. The number of aryl methyl sites for hydroxylation is 1. The van der Waals surface area contributed by atoms with Crippen molar-refractivity contribution in [2.75, 3.05) is 25.5 Å². The van der Waals surface area contributed by atoms with Crippen molar-refractivity contribution in [3.05, 3.63) is 29.8 Å². The normalized spacial score (nSPS) is 14.3. The van der Waals surface area contributed by atoms with Crippen LogP contribution in [0.25, 0.3) is 0 Å². The first-order valence-corrected chi connectivity index (χ1v) is 9.14. The second-order valence-corrected chi connectivity index (χ2v) is 6.73. The van der Waals surface area contributed by atoms with Gasteiger partial charge in [-0.1, -0.05) is 38.0 Å². The van der Waals surface area contributed by atoms with Crippen molar-refractivity contribution in [3.8, 4) is 0 Å². The summed E-state index contributed by atoms with van der Waals surface area (Å²) in [6, 6.07) is 7.32. The van der Waals surface area contributed by atoms with Crippen LogP contribution in [0, 0.1) is 0 Å². The molecule has 0 radical (unpaired) electrons. The van der Waals surface area contributed by atoms with Gasteiger partial charge in [-0.3, -0.25) is 19.8 Å². The molecule has 1 aliphatic rings. The predicted octanol–water partition coefficient (Wildman–Crippen LogP) is 1.89. The summed E-state index contributed by atoms with van der Waals surface area (Å²) in [4.78, 5) is 37.4. The second kappa shape index (κ2) is 9.91. The molecule has 1 aromatic rings. The topological polar surface area (TPSA) is 90.5 Å². The third-order valence-corrected chi connectivity index (χ3v) is 4.44. The highest BCUT2D eigenvalue weighted by Gasteiger charge is 2.19. The van der Waals surface area contributed by atoms with E-state index in [1.165, 1.54) is 0 Å². The van der Waals surface area contributed by atoms with Gasteiger partial charge in [-0.15, -0.1) is 0 Å². The van der Waals surface area contributed by atoms with Gasteiger partial charge >= 0.3 is 6.03 Å². The van der Waals surface area contributed by atoms with E-state index in [9.17, 15) is 14.4 Å². The number of amides is 4. The molecule has 1 saturated carbocycles. The van der Waals surface area contributed by atoms with Gasteiger partial charge in [0.15, 0.2) is 0 Å². The van der Waals surface area contributed by atoms with Crippen LogP contribution in [-0.2, 0) is 16.0 Å². The third kappa shape index (κ3) is 6.48. The Bertz CT molecular complexity index is 641. The molecule has 0 bridgehead atoms. The minimum Gasteiger partial charge on any atom is -0.335 e. The summed E-state index contributed by atoms with van der Waals surface area (Å²) < 4.78 is 0. The molecule has 0 atom stereocenters. The predicted molar refractivity (Wildman–Crippen MR) is 101 cm³/mol.